The summed E-state index contributed by atoms with van der Waals surface area (Å²) in [4.78, 5) is 13.6. The number of benzene rings is 1. The van der Waals surface area contributed by atoms with Gasteiger partial charge in [-0.25, -0.2) is 4.79 Å². The van der Waals surface area contributed by atoms with Crippen molar-refractivity contribution in [2.75, 3.05) is 7.11 Å². The summed E-state index contributed by atoms with van der Waals surface area (Å²) in [6, 6.07) is 8.56. The minimum absolute atomic E-state index is 0.0212. The number of rotatable bonds is 8. The molecule has 6 N–H and O–H groups in total. The minimum Gasteiger partial charge on any atom is -0.458 e. The number of hydrogen-bond donors (Lipinski definition) is 6. The SMILES string of the molecule is CO[C@@H]1C[C@H](O[C@H]2[C@@H](O)C[C@H](O[C@H]3CC[C@@]4(C)C(=CC[C@]5(O)[C@@H]4C[C@@H](OC(=O)c4ccccc4)[C@@]4(C)[C@]5(O)CC[C@@]4(O)[C@@H](C)O)C3)O[C@@H]2C)O[C@H](C)[C@H]1O. The lowest BCUT2D eigenvalue weighted by molar-refractivity contribution is -0.326. The molecular weight excluding hydrogens is 700 g/mol. The van der Waals surface area contributed by atoms with Gasteiger partial charge in [0.15, 0.2) is 12.6 Å². The van der Waals surface area contributed by atoms with E-state index in [-0.39, 0.29) is 38.2 Å². The molecular formula is C41H60O13. The largest absolute Gasteiger partial charge is 0.458 e. The van der Waals surface area contributed by atoms with Crippen LogP contribution in [0.1, 0.15) is 103 Å². The van der Waals surface area contributed by atoms with E-state index in [1.807, 2.05) is 13.0 Å². The Morgan fingerprint density at radius 1 is 0.926 bits per heavy atom. The Hall–Kier alpha value is -2.01. The number of fused-ring (bicyclic) bond motifs is 5. The molecule has 1 aromatic carbocycles. The zero-order valence-corrected chi connectivity index (χ0v) is 32.3. The zero-order valence-electron chi connectivity index (χ0n) is 32.3. The molecule has 302 valence electrons. The van der Waals surface area contributed by atoms with Crippen molar-refractivity contribution in [3.05, 3.63) is 47.5 Å². The quantitative estimate of drug-likeness (QED) is 0.168. The lowest BCUT2D eigenvalue weighted by Crippen LogP contribution is -2.78. The summed E-state index contributed by atoms with van der Waals surface area (Å²) in [6.07, 6.45) is -3.06. The summed E-state index contributed by atoms with van der Waals surface area (Å²) >= 11 is 0. The summed E-state index contributed by atoms with van der Waals surface area (Å²) in [5.41, 5.74) is -6.18. The van der Waals surface area contributed by atoms with E-state index >= 15 is 0 Å². The predicted molar refractivity (Wildman–Crippen MR) is 193 cm³/mol. The first-order valence-corrected chi connectivity index (χ1v) is 19.7. The molecule has 0 aromatic heterocycles. The highest BCUT2D eigenvalue weighted by atomic mass is 16.7. The molecule has 6 aliphatic rings. The third kappa shape index (κ3) is 6.12. The van der Waals surface area contributed by atoms with Crippen LogP contribution in [0, 0.1) is 16.7 Å². The molecule has 4 aliphatic carbocycles. The highest BCUT2D eigenvalue weighted by Crippen LogP contribution is 2.71. The van der Waals surface area contributed by atoms with Crippen molar-refractivity contribution in [2.45, 2.75) is 177 Å². The smallest absolute Gasteiger partial charge is 0.338 e. The normalized spacial score (nSPS) is 49.6. The van der Waals surface area contributed by atoms with E-state index < -0.39 is 101 Å². The molecule has 7 rings (SSSR count). The number of ether oxygens (including phenoxy) is 6. The first-order chi connectivity index (χ1) is 25.4. The van der Waals surface area contributed by atoms with Crippen molar-refractivity contribution < 1.29 is 63.9 Å². The maximum atomic E-state index is 13.6. The second-order valence-corrected chi connectivity index (χ2v) is 17.4. The highest BCUT2D eigenvalue weighted by molar-refractivity contribution is 5.89. The summed E-state index contributed by atoms with van der Waals surface area (Å²) in [5, 5.41) is 70.2. The van der Waals surface area contributed by atoms with Crippen LogP contribution in [0.15, 0.2) is 42.0 Å². The number of esters is 1. The maximum absolute atomic E-state index is 13.6. The van der Waals surface area contributed by atoms with E-state index in [1.165, 1.54) is 14.0 Å². The van der Waals surface area contributed by atoms with Crippen LogP contribution in [0.3, 0.4) is 0 Å². The minimum atomic E-state index is -1.89. The van der Waals surface area contributed by atoms with Crippen LogP contribution < -0.4 is 0 Å². The van der Waals surface area contributed by atoms with E-state index in [2.05, 4.69) is 6.92 Å². The Morgan fingerprint density at radius 2 is 1.61 bits per heavy atom. The van der Waals surface area contributed by atoms with Crippen LogP contribution in [0.5, 0.6) is 0 Å². The molecule has 54 heavy (non-hydrogen) atoms. The molecule has 17 atom stereocenters. The van der Waals surface area contributed by atoms with Crippen molar-refractivity contribution in [3.8, 4) is 0 Å². The summed E-state index contributed by atoms with van der Waals surface area (Å²) in [6.45, 7) is 8.79. The fourth-order valence-electron chi connectivity index (χ4n) is 11.4. The third-order valence-corrected chi connectivity index (χ3v) is 14.8. The summed E-state index contributed by atoms with van der Waals surface area (Å²) in [7, 11) is 1.53. The lowest BCUT2D eigenvalue weighted by atomic mass is 9.42. The van der Waals surface area contributed by atoms with Gasteiger partial charge in [0.2, 0.25) is 0 Å². The molecule has 0 unspecified atom stereocenters. The Kier molecular flexibility index (Phi) is 10.7. The van der Waals surface area contributed by atoms with E-state index in [0.29, 0.717) is 31.2 Å². The molecule has 0 radical (unpaired) electrons. The number of aliphatic hydroxyl groups excluding tert-OH is 3. The molecule has 0 bridgehead atoms. The van der Waals surface area contributed by atoms with Crippen molar-refractivity contribution in [3.63, 3.8) is 0 Å². The van der Waals surface area contributed by atoms with Gasteiger partial charge in [0.05, 0.1) is 47.6 Å². The van der Waals surface area contributed by atoms with Crippen LogP contribution in [-0.4, -0.2) is 128 Å². The molecule has 3 saturated carbocycles. The zero-order chi connectivity index (χ0) is 39.0. The van der Waals surface area contributed by atoms with Gasteiger partial charge in [-0.3, -0.25) is 0 Å². The average Bonchev–Trinajstić information content (AvgIpc) is 3.37. The second kappa shape index (κ2) is 14.4. The highest BCUT2D eigenvalue weighted by Gasteiger charge is 2.81. The van der Waals surface area contributed by atoms with Gasteiger partial charge < -0.3 is 59.1 Å². The van der Waals surface area contributed by atoms with Crippen LogP contribution in [0.25, 0.3) is 0 Å². The number of hydrogen-bond acceptors (Lipinski definition) is 13. The molecule has 0 spiro atoms. The Morgan fingerprint density at radius 3 is 2.28 bits per heavy atom. The number of methoxy groups -OCH3 is 1. The monoisotopic (exact) mass is 760 g/mol. The first-order valence-electron chi connectivity index (χ1n) is 19.7. The van der Waals surface area contributed by atoms with E-state index in [9.17, 15) is 35.4 Å². The molecule has 2 aliphatic heterocycles. The average molecular weight is 761 g/mol. The Labute approximate surface area is 317 Å². The summed E-state index contributed by atoms with van der Waals surface area (Å²) in [5.74, 6) is -1.14. The molecule has 2 saturated heterocycles. The van der Waals surface area contributed by atoms with Gasteiger partial charge in [0.1, 0.15) is 35.1 Å². The van der Waals surface area contributed by atoms with Gasteiger partial charge in [-0.15, -0.1) is 0 Å². The number of carbonyl (C=O) groups is 1. The predicted octanol–water partition coefficient (Wildman–Crippen LogP) is 2.90. The Balaban J connectivity index is 1.07. The van der Waals surface area contributed by atoms with Gasteiger partial charge in [-0.05, 0) is 83.3 Å². The van der Waals surface area contributed by atoms with Gasteiger partial charge in [-0.1, -0.05) is 43.7 Å². The molecule has 0 amide bonds. The summed E-state index contributed by atoms with van der Waals surface area (Å²) < 4.78 is 36.4. The second-order valence-electron chi connectivity index (χ2n) is 17.4. The van der Waals surface area contributed by atoms with Crippen LogP contribution in [-0.2, 0) is 28.4 Å². The molecule has 13 nitrogen and oxygen atoms in total. The molecule has 5 fully saturated rings. The van der Waals surface area contributed by atoms with Crippen LogP contribution >= 0.6 is 0 Å². The van der Waals surface area contributed by atoms with Crippen molar-refractivity contribution in [2.24, 2.45) is 16.7 Å². The van der Waals surface area contributed by atoms with Crippen molar-refractivity contribution in [1.29, 1.82) is 0 Å². The molecule has 13 heteroatoms. The fourth-order valence-corrected chi connectivity index (χ4v) is 11.4. The van der Waals surface area contributed by atoms with E-state index in [0.717, 1.165) is 5.57 Å². The van der Waals surface area contributed by atoms with E-state index in [1.54, 1.807) is 44.2 Å². The molecule has 1 aromatic rings. The van der Waals surface area contributed by atoms with Gasteiger partial charge >= 0.3 is 5.97 Å². The van der Waals surface area contributed by atoms with Gasteiger partial charge in [-0.2, -0.15) is 0 Å². The number of aliphatic hydroxyl groups is 6. The van der Waals surface area contributed by atoms with Crippen LogP contribution in [0.2, 0.25) is 0 Å². The Bertz CT molecular complexity index is 1540. The van der Waals surface area contributed by atoms with Crippen molar-refractivity contribution >= 4 is 5.97 Å². The first kappa shape index (κ1) is 40.2. The van der Waals surface area contributed by atoms with Crippen molar-refractivity contribution in [1.82, 2.24) is 0 Å². The standard InChI is InChI=1S/C41H60O13/c1-22-34(44)29(49-6)20-33(50-22)54-35-23(2)51-32(19-28(35)43)52-27-13-14-37(4)26(18-27)12-15-40(47)30(37)21-31(53-36(45)25-10-8-7-9-11-25)38(5)39(46,24(3)42)16-17-41(38,40)48/h7-12,22-24,27-35,42-44,46-48H,13-21H2,1-6H3/t22-,23-,24-,27+,28+,29-,30-,31-,32+,33+,34-,35-,37+,38-,39-,40+,41-/m1/s1. The topological polar surface area (TPSA) is 194 Å². The van der Waals surface area contributed by atoms with Gasteiger partial charge in [0.25, 0.3) is 0 Å². The van der Waals surface area contributed by atoms with Gasteiger partial charge in [0, 0.05) is 25.9 Å². The third-order valence-electron chi connectivity index (χ3n) is 14.8. The van der Waals surface area contributed by atoms with E-state index in [4.69, 9.17) is 28.4 Å². The fraction of sp³-hybridized carbons (Fsp3) is 0.780. The van der Waals surface area contributed by atoms with Crippen LogP contribution in [0.4, 0.5) is 0 Å². The lowest BCUT2D eigenvalue weighted by Gasteiger charge is -2.67. The molecule has 2 heterocycles. The number of carbonyl (C=O) groups excluding carboxylic acids is 1. The maximum Gasteiger partial charge on any atom is 0.338 e.